The molecule has 2 aromatic carbocycles. The number of hydrogen-bond donors (Lipinski definition) is 0. The summed E-state index contributed by atoms with van der Waals surface area (Å²) in [4.78, 5) is 16.4. The lowest BCUT2D eigenvalue weighted by Crippen LogP contribution is -2.03. The lowest BCUT2D eigenvalue weighted by Gasteiger charge is -2.10. The van der Waals surface area contributed by atoms with Gasteiger partial charge in [0.15, 0.2) is 11.5 Å². The van der Waals surface area contributed by atoms with Crippen molar-refractivity contribution in [3.05, 3.63) is 77.0 Å². The smallest absolute Gasteiger partial charge is 0.347 e. The first kappa shape index (κ1) is 17.8. The van der Waals surface area contributed by atoms with Crippen molar-refractivity contribution in [3.8, 4) is 11.5 Å². The Balaban J connectivity index is 1.97. The van der Waals surface area contributed by atoms with Crippen molar-refractivity contribution in [2.45, 2.75) is 0 Å². The molecule has 0 radical (unpaired) electrons. The molecule has 0 unspecified atom stereocenters. The van der Waals surface area contributed by atoms with Crippen LogP contribution < -0.4 is 15.1 Å². The Morgan fingerprint density at radius 1 is 1.27 bits per heavy atom. The van der Waals surface area contributed by atoms with Gasteiger partial charge in [0.05, 0.1) is 18.0 Å². The number of benzene rings is 2. The molecular formula is C20H16ClNO4. The number of rotatable bonds is 6. The summed E-state index contributed by atoms with van der Waals surface area (Å²) in [5.74, 6) is 1.20. The molecule has 3 rings (SSSR count). The van der Waals surface area contributed by atoms with Crippen molar-refractivity contribution in [1.82, 2.24) is 4.98 Å². The summed E-state index contributed by atoms with van der Waals surface area (Å²) in [6.45, 7) is 3.99. The zero-order valence-corrected chi connectivity index (χ0v) is 14.8. The maximum absolute atomic E-state index is 12.1. The minimum absolute atomic E-state index is 0.0568. The first-order valence-electron chi connectivity index (χ1n) is 7.81. The quantitative estimate of drug-likeness (QED) is 0.599. The first-order valence-corrected chi connectivity index (χ1v) is 8.19. The van der Waals surface area contributed by atoms with E-state index in [0.717, 1.165) is 5.56 Å². The Kier molecular flexibility index (Phi) is 5.39. The van der Waals surface area contributed by atoms with Crippen LogP contribution in [0.2, 0.25) is 0 Å². The van der Waals surface area contributed by atoms with Crippen LogP contribution in [-0.2, 0) is 0 Å². The third-order valence-corrected chi connectivity index (χ3v) is 3.85. The number of halogens is 1. The van der Waals surface area contributed by atoms with Gasteiger partial charge in [0, 0.05) is 0 Å². The van der Waals surface area contributed by atoms with E-state index < -0.39 is 5.63 Å². The SMILES string of the molecule is C=CCOc1ccc(/C=C(\Cl)c2nc3ccccc3c(=O)o2)cc1OC. The van der Waals surface area contributed by atoms with Crippen LogP contribution >= 0.6 is 11.6 Å². The summed E-state index contributed by atoms with van der Waals surface area (Å²) in [7, 11) is 1.55. The van der Waals surface area contributed by atoms with E-state index >= 15 is 0 Å². The van der Waals surface area contributed by atoms with Gasteiger partial charge in [-0.05, 0) is 35.9 Å². The molecule has 0 aliphatic carbocycles. The van der Waals surface area contributed by atoms with E-state index in [1.54, 1.807) is 55.7 Å². The normalized spacial score (nSPS) is 11.4. The van der Waals surface area contributed by atoms with Gasteiger partial charge in [0.25, 0.3) is 0 Å². The van der Waals surface area contributed by atoms with E-state index in [0.29, 0.717) is 29.0 Å². The van der Waals surface area contributed by atoms with Crippen LogP contribution in [0.1, 0.15) is 11.5 Å². The van der Waals surface area contributed by atoms with Crippen molar-refractivity contribution < 1.29 is 13.9 Å². The fourth-order valence-electron chi connectivity index (χ4n) is 2.37. The molecule has 0 aliphatic rings. The predicted molar refractivity (Wildman–Crippen MR) is 103 cm³/mol. The molecule has 0 bridgehead atoms. The molecule has 0 amide bonds. The summed E-state index contributed by atoms with van der Waals surface area (Å²) in [5, 5.41) is 0.612. The summed E-state index contributed by atoms with van der Waals surface area (Å²) in [6, 6.07) is 12.3. The highest BCUT2D eigenvalue weighted by molar-refractivity contribution is 6.50. The fourth-order valence-corrected chi connectivity index (χ4v) is 2.58. The Labute approximate surface area is 155 Å². The molecule has 132 valence electrons. The van der Waals surface area contributed by atoms with Crippen molar-refractivity contribution in [3.63, 3.8) is 0 Å². The van der Waals surface area contributed by atoms with E-state index in [1.165, 1.54) is 0 Å². The van der Waals surface area contributed by atoms with Crippen LogP contribution in [0.4, 0.5) is 0 Å². The van der Waals surface area contributed by atoms with Crippen LogP contribution in [0.5, 0.6) is 11.5 Å². The molecule has 3 aromatic rings. The van der Waals surface area contributed by atoms with E-state index in [2.05, 4.69) is 11.6 Å². The number of aromatic nitrogens is 1. The van der Waals surface area contributed by atoms with Gasteiger partial charge >= 0.3 is 5.63 Å². The van der Waals surface area contributed by atoms with Gasteiger partial charge in [0.2, 0.25) is 5.89 Å². The Morgan fingerprint density at radius 2 is 2.08 bits per heavy atom. The lowest BCUT2D eigenvalue weighted by molar-refractivity contribution is 0.326. The van der Waals surface area contributed by atoms with E-state index in [9.17, 15) is 4.79 Å². The van der Waals surface area contributed by atoms with Crippen LogP contribution in [-0.4, -0.2) is 18.7 Å². The number of ether oxygens (including phenoxy) is 2. The molecule has 1 heterocycles. The van der Waals surface area contributed by atoms with Gasteiger partial charge in [0.1, 0.15) is 11.6 Å². The standard InChI is InChI=1S/C20H16ClNO4/c1-3-10-25-17-9-8-13(12-18(17)24-2)11-15(21)19-22-16-7-5-4-6-14(16)20(23)26-19/h3-9,11-12H,1,10H2,2H3/b15-11-. The monoisotopic (exact) mass is 369 g/mol. The van der Waals surface area contributed by atoms with Crippen LogP contribution in [0.15, 0.2) is 64.3 Å². The van der Waals surface area contributed by atoms with E-state index in [1.807, 2.05) is 6.07 Å². The molecule has 1 aromatic heterocycles. The van der Waals surface area contributed by atoms with Gasteiger partial charge < -0.3 is 13.9 Å². The number of nitrogens with zero attached hydrogens (tertiary/aromatic N) is 1. The maximum atomic E-state index is 12.1. The molecule has 0 saturated heterocycles. The largest absolute Gasteiger partial charge is 0.493 e. The van der Waals surface area contributed by atoms with Crippen LogP contribution in [0.25, 0.3) is 22.0 Å². The lowest BCUT2D eigenvalue weighted by atomic mass is 10.2. The number of para-hydroxylation sites is 1. The second-order valence-electron chi connectivity index (χ2n) is 5.33. The molecule has 26 heavy (non-hydrogen) atoms. The summed E-state index contributed by atoms with van der Waals surface area (Å²) < 4.78 is 16.1. The average molecular weight is 370 g/mol. The number of methoxy groups -OCH3 is 1. The minimum atomic E-state index is -0.483. The zero-order chi connectivity index (χ0) is 18.5. The number of fused-ring (bicyclic) bond motifs is 1. The second kappa shape index (κ2) is 7.89. The first-order chi connectivity index (χ1) is 12.6. The summed E-state index contributed by atoms with van der Waals surface area (Å²) in [6.07, 6.45) is 3.29. The van der Waals surface area contributed by atoms with Crippen molar-refractivity contribution in [2.24, 2.45) is 0 Å². The highest BCUT2D eigenvalue weighted by atomic mass is 35.5. The highest BCUT2D eigenvalue weighted by Crippen LogP contribution is 2.30. The van der Waals surface area contributed by atoms with Crippen molar-refractivity contribution in [1.29, 1.82) is 0 Å². The van der Waals surface area contributed by atoms with Crippen LogP contribution in [0.3, 0.4) is 0 Å². The molecule has 0 aliphatic heterocycles. The van der Waals surface area contributed by atoms with Crippen LogP contribution in [0, 0.1) is 0 Å². The topological polar surface area (TPSA) is 61.6 Å². The molecule has 0 fully saturated rings. The Morgan fingerprint density at radius 3 is 2.85 bits per heavy atom. The Bertz CT molecular complexity index is 1040. The predicted octanol–water partition coefficient (Wildman–Crippen LogP) is 4.50. The molecule has 0 saturated carbocycles. The van der Waals surface area contributed by atoms with Crippen molar-refractivity contribution >= 4 is 33.6 Å². The van der Waals surface area contributed by atoms with Gasteiger partial charge in [-0.2, -0.15) is 0 Å². The molecule has 0 atom stereocenters. The second-order valence-corrected chi connectivity index (χ2v) is 5.73. The minimum Gasteiger partial charge on any atom is -0.493 e. The van der Waals surface area contributed by atoms with Crippen molar-refractivity contribution in [2.75, 3.05) is 13.7 Å². The van der Waals surface area contributed by atoms with Gasteiger partial charge in [-0.3, -0.25) is 0 Å². The fraction of sp³-hybridized carbons (Fsp3) is 0.100. The van der Waals surface area contributed by atoms with Gasteiger partial charge in [-0.25, -0.2) is 9.78 Å². The van der Waals surface area contributed by atoms with Gasteiger partial charge in [-0.1, -0.05) is 42.5 Å². The van der Waals surface area contributed by atoms with E-state index in [4.69, 9.17) is 25.5 Å². The maximum Gasteiger partial charge on any atom is 0.347 e. The van der Waals surface area contributed by atoms with E-state index in [-0.39, 0.29) is 10.9 Å². The molecule has 6 heteroatoms. The summed E-state index contributed by atoms with van der Waals surface area (Å²) in [5.41, 5.74) is 0.786. The zero-order valence-electron chi connectivity index (χ0n) is 14.1. The Hall–Kier alpha value is -3.05. The summed E-state index contributed by atoms with van der Waals surface area (Å²) >= 11 is 6.31. The molecular weight excluding hydrogens is 354 g/mol. The molecule has 0 N–H and O–H groups in total. The molecule has 0 spiro atoms. The number of hydrogen-bond acceptors (Lipinski definition) is 5. The highest BCUT2D eigenvalue weighted by Gasteiger charge is 2.10. The third-order valence-electron chi connectivity index (χ3n) is 3.58. The third kappa shape index (κ3) is 3.78. The molecule has 5 nitrogen and oxygen atoms in total. The average Bonchev–Trinajstić information content (AvgIpc) is 2.66. The van der Waals surface area contributed by atoms with Gasteiger partial charge in [-0.15, -0.1) is 0 Å².